The van der Waals surface area contributed by atoms with Crippen LogP contribution in [0, 0.1) is 29.1 Å². The number of rotatable bonds is 7. The van der Waals surface area contributed by atoms with E-state index in [9.17, 15) is 4.79 Å². The van der Waals surface area contributed by atoms with Crippen molar-refractivity contribution in [3.05, 3.63) is 0 Å². The first kappa shape index (κ1) is 20.6. The molecule has 0 aromatic carbocycles. The van der Waals surface area contributed by atoms with Gasteiger partial charge in [-0.05, 0) is 0 Å². The Kier molecular flexibility index (Phi) is 8.73. The van der Waals surface area contributed by atoms with E-state index < -0.39 is 0 Å². The quantitative estimate of drug-likeness (QED) is 0.267. The molecule has 0 radical (unpaired) electrons. The second-order valence-electron chi connectivity index (χ2n) is 8.82. The van der Waals surface area contributed by atoms with Crippen LogP contribution in [0.3, 0.4) is 0 Å². The predicted molar refractivity (Wildman–Crippen MR) is 102 cm³/mol. The van der Waals surface area contributed by atoms with Crippen molar-refractivity contribution in [2.45, 2.75) is 89.9 Å². The summed E-state index contributed by atoms with van der Waals surface area (Å²) in [5.74, 6) is 2.18. The van der Waals surface area contributed by atoms with Gasteiger partial charge in [-0.15, -0.1) is 0 Å². The zero-order chi connectivity index (χ0) is 18.2. The van der Waals surface area contributed by atoms with Crippen LogP contribution in [-0.2, 0) is 9.53 Å². The number of hydrogen-bond donors (Lipinski definition) is 1. The van der Waals surface area contributed by atoms with Crippen LogP contribution in [0.4, 0.5) is 0 Å². The summed E-state index contributed by atoms with van der Waals surface area (Å²) in [5, 5.41) is 8.52. The summed E-state index contributed by atoms with van der Waals surface area (Å²) in [6, 6.07) is 0. The minimum absolute atomic E-state index is 0.0532. The van der Waals surface area contributed by atoms with Crippen molar-refractivity contribution in [2.24, 2.45) is 23.7 Å². The Bertz CT molecular complexity index is 405. The normalized spacial score (nSPS) is 28.8. The van der Waals surface area contributed by atoms with Crippen molar-refractivity contribution in [1.82, 2.24) is 0 Å². The second kappa shape index (κ2) is 11.0. The number of halogens is 1. The van der Waals surface area contributed by atoms with Crippen LogP contribution < -0.4 is 21.2 Å². The summed E-state index contributed by atoms with van der Waals surface area (Å²) in [6.07, 6.45) is 17.5. The first-order chi connectivity index (χ1) is 12.7. The van der Waals surface area contributed by atoms with E-state index in [0.29, 0.717) is 18.4 Å². The standard InChI is InChI=1S/C22H37INO2/c24-21(23-15-17-7-3-1-4-8-17)19-11-13-20(14-12-19)22(25)26-16-18-9-5-2-6-10-18/h17-20,24H,1-16H2/q-1. The van der Waals surface area contributed by atoms with Gasteiger partial charge >= 0.3 is 170 Å². The molecule has 3 aliphatic carbocycles. The van der Waals surface area contributed by atoms with Crippen LogP contribution >= 0.6 is 0 Å². The van der Waals surface area contributed by atoms with Crippen LogP contribution in [0.15, 0.2) is 0 Å². The van der Waals surface area contributed by atoms with E-state index in [-0.39, 0.29) is 33.1 Å². The molecule has 1 N–H and O–H groups in total. The molecular weight excluding hydrogens is 437 g/mol. The average Bonchev–Trinajstić information content (AvgIpc) is 2.72. The predicted octanol–water partition coefficient (Wildman–Crippen LogP) is 2.56. The van der Waals surface area contributed by atoms with Crippen LogP contribution in [-0.4, -0.2) is 20.7 Å². The molecule has 0 bridgehead atoms. The molecule has 4 heteroatoms. The monoisotopic (exact) mass is 474 g/mol. The number of alkyl halides is 1. The molecule has 0 aromatic rings. The third kappa shape index (κ3) is 6.49. The van der Waals surface area contributed by atoms with Crippen molar-refractivity contribution in [2.75, 3.05) is 11.0 Å². The van der Waals surface area contributed by atoms with E-state index in [2.05, 4.69) is 0 Å². The van der Waals surface area contributed by atoms with Gasteiger partial charge in [0, 0.05) is 0 Å². The second-order valence-corrected chi connectivity index (χ2v) is 11.6. The van der Waals surface area contributed by atoms with Gasteiger partial charge in [-0.25, -0.2) is 0 Å². The number of carbonyl (C=O) groups excluding carboxylic acids is 1. The summed E-state index contributed by atoms with van der Waals surface area (Å²) in [6.45, 7) is 0.654. The molecule has 3 saturated carbocycles. The van der Waals surface area contributed by atoms with E-state index in [1.54, 1.807) is 0 Å². The van der Waals surface area contributed by atoms with E-state index in [4.69, 9.17) is 10.1 Å². The molecule has 150 valence electrons. The molecule has 0 saturated heterocycles. The molecule has 3 aliphatic rings. The number of hydrogen-bond acceptors (Lipinski definition) is 3. The third-order valence-electron chi connectivity index (χ3n) is 6.77. The fourth-order valence-electron chi connectivity index (χ4n) is 4.90. The van der Waals surface area contributed by atoms with E-state index in [0.717, 1.165) is 35.3 Å². The van der Waals surface area contributed by atoms with Crippen LogP contribution in [0.25, 0.3) is 0 Å². The maximum atomic E-state index is 12.4. The molecule has 3 nitrogen and oxygen atoms in total. The molecule has 0 aromatic heterocycles. The zero-order valence-corrected chi connectivity index (χ0v) is 18.5. The Morgan fingerprint density at radius 3 is 1.92 bits per heavy atom. The first-order valence-corrected chi connectivity index (χ1v) is 13.7. The van der Waals surface area contributed by atoms with Crippen molar-refractivity contribution in [3.63, 3.8) is 0 Å². The van der Waals surface area contributed by atoms with Gasteiger partial charge in [-0.3, -0.25) is 0 Å². The summed E-state index contributed by atoms with van der Waals surface area (Å²) in [7, 11) is 0. The van der Waals surface area contributed by atoms with Gasteiger partial charge in [0.2, 0.25) is 0 Å². The summed E-state index contributed by atoms with van der Waals surface area (Å²) in [4.78, 5) is 12.4. The van der Waals surface area contributed by atoms with E-state index >= 15 is 0 Å². The van der Waals surface area contributed by atoms with Crippen molar-refractivity contribution in [3.8, 4) is 0 Å². The molecule has 0 amide bonds. The topological polar surface area (TPSA) is 50.2 Å². The number of nitrogens with one attached hydrogen (secondary N) is 1. The molecular formula is C22H37INO2-. The van der Waals surface area contributed by atoms with Crippen LogP contribution in [0.2, 0.25) is 0 Å². The van der Waals surface area contributed by atoms with Crippen LogP contribution in [0.5, 0.6) is 0 Å². The van der Waals surface area contributed by atoms with Gasteiger partial charge in [0.1, 0.15) is 0 Å². The third-order valence-corrected chi connectivity index (χ3v) is 10.2. The molecule has 26 heavy (non-hydrogen) atoms. The molecule has 3 fully saturated rings. The molecule has 0 unspecified atom stereocenters. The Morgan fingerprint density at radius 2 is 1.31 bits per heavy atom. The molecule has 3 rings (SSSR count). The van der Waals surface area contributed by atoms with Crippen LogP contribution in [0.1, 0.15) is 89.9 Å². The van der Waals surface area contributed by atoms with Crippen molar-refractivity contribution >= 4 is 9.69 Å². The summed E-state index contributed by atoms with van der Waals surface area (Å²) < 4.78 is 8.06. The van der Waals surface area contributed by atoms with Crippen molar-refractivity contribution in [1.29, 1.82) is 5.41 Å². The molecule has 0 atom stereocenters. The van der Waals surface area contributed by atoms with Gasteiger partial charge in [0.15, 0.2) is 0 Å². The van der Waals surface area contributed by atoms with Gasteiger partial charge in [-0.1, -0.05) is 0 Å². The van der Waals surface area contributed by atoms with Crippen molar-refractivity contribution < 1.29 is 30.7 Å². The fraction of sp³-hybridized carbons (Fsp3) is 0.909. The van der Waals surface area contributed by atoms with Gasteiger partial charge in [0.25, 0.3) is 0 Å². The van der Waals surface area contributed by atoms with E-state index in [1.165, 1.54) is 68.6 Å². The maximum absolute atomic E-state index is 12.4. The Hall–Kier alpha value is -0.130. The van der Waals surface area contributed by atoms with Gasteiger partial charge < -0.3 is 0 Å². The minimum atomic E-state index is -0.0679. The van der Waals surface area contributed by atoms with Gasteiger partial charge in [0.05, 0.1) is 0 Å². The molecule has 0 heterocycles. The Balaban J connectivity index is 1.31. The molecule has 0 spiro atoms. The number of esters is 1. The Labute approximate surface area is 170 Å². The fourth-order valence-corrected chi connectivity index (χ4v) is 8.12. The van der Waals surface area contributed by atoms with Gasteiger partial charge in [-0.2, -0.15) is 0 Å². The summed E-state index contributed by atoms with van der Waals surface area (Å²) in [5.41, 5.74) is 0. The summed E-state index contributed by atoms with van der Waals surface area (Å²) >= 11 is -0.0679. The van der Waals surface area contributed by atoms with E-state index in [1.807, 2.05) is 0 Å². The zero-order valence-electron chi connectivity index (χ0n) is 16.3. The Morgan fingerprint density at radius 1 is 0.769 bits per heavy atom. The SMILES string of the molecule is N=C([I-]CC1CCCCC1)C1CCC(C(=O)OCC2CCCCC2)CC1. The number of carbonyl (C=O) groups is 1. The first-order valence-electron chi connectivity index (χ1n) is 11.1. The molecule has 0 aliphatic heterocycles. The number of ether oxygens (including phenoxy) is 1. The average molecular weight is 474 g/mol.